The smallest absolute Gasteiger partial charge is 0.141 e. The highest BCUT2D eigenvalue weighted by molar-refractivity contribution is 8.00. The summed E-state index contributed by atoms with van der Waals surface area (Å²) in [6.07, 6.45) is 8.57. The Morgan fingerprint density at radius 3 is 2.62 bits per heavy atom. The fraction of sp³-hybridized carbons (Fsp3) is 0.500. The van der Waals surface area contributed by atoms with E-state index in [1.165, 1.54) is 37.0 Å². The third kappa shape index (κ3) is 2.98. The standard InChI is InChI=1S/C12H17N3S/c13-12(14)11-7-6-10(8-15-11)16-9-4-2-1-3-5-9/h6-9H,1-5H2,(H3,13,14). The van der Waals surface area contributed by atoms with Crippen molar-refractivity contribution in [2.45, 2.75) is 42.2 Å². The minimum atomic E-state index is 0.0363. The number of nitrogens with one attached hydrogen (secondary N) is 1. The van der Waals surface area contributed by atoms with Crippen molar-refractivity contribution in [1.29, 1.82) is 5.41 Å². The molecule has 4 heteroatoms. The van der Waals surface area contributed by atoms with Gasteiger partial charge in [-0.25, -0.2) is 0 Å². The molecule has 86 valence electrons. The summed E-state index contributed by atoms with van der Waals surface area (Å²) in [5.41, 5.74) is 5.93. The summed E-state index contributed by atoms with van der Waals surface area (Å²) < 4.78 is 0. The van der Waals surface area contributed by atoms with Crippen LogP contribution >= 0.6 is 11.8 Å². The third-order valence-electron chi connectivity index (χ3n) is 2.87. The van der Waals surface area contributed by atoms with Crippen LogP contribution in [0.1, 0.15) is 37.8 Å². The van der Waals surface area contributed by atoms with Crippen molar-refractivity contribution in [3.05, 3.63) is 24.0 Å². The number of rotatable bonds is 3. The topological polar surface area (TPSA) is 62.8 Å². The monoisotopic (exact) mass is 235 g/mol. The average Bonchev–Trinajstić information content (AvgIpc) is 2.31. The van der Waals surface area contributed by atoms with E-state index >= 15 is 0 Å². The summed E-state index contributed by atoms with van der Waals surface area (Å²) >= 11 is 1.91. The minimum Gasteiger partial charge on any atom is -0.382 e. The van der Waals surface area contributed by atoms with Gasteiger partial charge in [0.05, 0.1) is 0 Å². The van der Waals surface area contributed by atoms with Gasteiger partial charge in [-0.15, -0.1) is 11.8 Å². The Bertz CT molecular complexity index is 355. The van der Waals surface area contributed by atoms with Gasteiger partial charge in [0.2, 0.25) is 0 Å². The van der Waals surface area contributed by atoms with Crippen LogP contribution in [0.4, 0.5) is 0 Å². The van der Waals surface area contributed by atoms with Crippen molar-refractivity contribution >= 4 is 17.6 Å². The lowest BCUT2D eigenvalue weighted by molar-refractivity contribution is 0.516. The Hall–Kier alpha value is -1.03. The first-order valence-corrected chi connectivity index (χ1v) is 6.61. The fourth-order valence-electron chi connectivity index (χ4n) is 1.98. The molecule has 3 nitrogen and oxygen atoms in total. The van der Waals surface area contributed by atoms with Gasteiger partial charge in [-0.3, -0.25) is 10.4 Å². The molecule has 0 atom stereocenters. The van der Waals surface area contributed by atoms with Gasteiger partial charge in [-0.1, -0.05) is 19.3 Å². The molecule has 0 radical (unpaired) electrons. The third-order valence-corrected chi connectivity index (χ3v) is 4.19. The molecule has 16 heavy (non-hydrogen) atoms. The SMILES string of the molecule is N=C(N)c1ccc(SC2CCCCC2)cn1. The first-order valence-electron chi connectivity index (χ1n) is 5.73. The molecule has 0 spiro atoms. The molecule has 0 saturated heterocycles. The van der Waals surface area contributed by atoms with Gasteiger partial charge in [-0.2, -0.15) is 0 Å². The second kappa shape index (κ2) is 5.34. The van der Waals surface area contributed by atoms with E-state index in [0.717, 1.165) is 5.25 Å². The molecule has 0 bridgehead atoms. The Kier molecular flexibility index (Phi) is 3.83. The summed E-state index contributed by atoms with van der Waals surface area (Å²) in [4.78, 5) is 5.36. The molecule has 1 aromatic heterocycles. The number of amidine groups is 1. The first kappa shape index (κ1) is 11.5. The summed E-state index contributed by atoms with van der Waals surface area (Å²) in [5, 5.41) is 8.02. The van der Waals surface area contributed by atoms with Crippen molar-refractivity contribution < 1.29 is 0 Å². The Balaban J connectivity index is 1.96. The second-order valence-electron chi connectivity index (χ2n) is 4.17. The molecule has 0 aromatic carbocycles. The van der Waals surface area contributed by atoms with Gasteiger partial charge in [0, 0.05) is 16.3 Å². The number of thioether (sulfide) groups is 1. The Morgan fingerprint density at radius 1 is 1.31 bits per heavy atom. The maximum Gasteiger partial charge on any atom is 0.141 e. The van der Waals surface area contributed by atoms with Gasteiger partial charge in [-0.05, 0) is 25.0 Å². The van der Waals surface area contributed by atoms with Crippen LogP contribution < -0.4 is 5.73 Å². The molecule has 1 fully saturated rings. The van der Waals surface area contributed by atoms with Crippen LogP contribution in [0.2, 0.25) is 0 Å². The van der Waals surface area contributed by atoms with Gasteiger partial charge >= 0.3 is 0 Å². The van der Waals surface area contributed by atoms with E-state index in [-0.39, 0.29) is 5.84 Å². The molecule has 1 aliphatic carbocycles. The summed E-state index contributed by atoms with van der Waals surface area (Å²) in [6, 6.07) is 3.84. The number of pyridine rings is 1. The number of hydrogen-bond donors (Lipinski definition) is 2. The van der Waals surface area contributed by atoms with Gasteiger partial charge in [0.15, 0.2) is 0 Å². The van der Waals surface area contributed by atoms with Crippen LogP contribution in [-0.4, -0.2) is 16.1 Å². The van der Waals surface area contributed by atoms with E-state index in [1.807, 2.05) is 30.1 Å². The molecule has 1 saturated carbocycles. The number of aromatic nitrogens is 1. The first-order chi connectivity index (χ1) is 7.75. The zero-order valence-corrected chi connectivity index (χ0v) is 10.1. The van der Waals surface area contributed by atoms with Crippen LogP contribution in [-0.2, 0) is 0 Å². The van der Waals surface area contributed by atoms with E-state index < -0.39 is 0 Å². The van der Waals surface area contributed by atoms with Crippen LogP contribution in [0, 0.1) is 5.41 Å². The Labute approximate surface area is 100 Å². The molecule has 0 unspecified atom stereocenters. The maximum absolute atomic E-state index is 7.27. The maximum atomic E-state index is 7.27. The lowest BCUT2D eigenvalue weighted by atomic mass is 10.0. The average molecular weight is 235 g/mol. The molecule has 0 amide bonds. The predicted molar refractivity (Wildman–Crippen MR) is 68.0 cm³/mol. The zero-order valence-electron chi connectivity index (χ0n) is 9.28. The van der Waals surface area contributed by atoms with E-state index in [0.29, 0.717) is 5.69 Å². The van der Waals surface area contributed by atoms with E-state index in [2.05, 4.69) is 4.98 Å². The second-order valence-corrected chi connectivity index (χ2v) is 5.54. The van der Waals surface area contributed by atoms with Gasteiger partial charge < -0.3 is 5.73 Å². The molecule has 3 N–H and O–H groups in total. The molecule has 0 aliphatic heterocycles. The van der Waals surface area contributed by atoms with Crippen molar-refractivity contribution in [2.75, 3.05) is 0 Å². The molecular weight excluding hydrogens is 218 g/mol. The van der Waals surface area contributed by atoms with E-state index in [1.54, 1.807) is 0 Å². The van der Waals surface area contributed by atoms with Crippen molar-refractivity contribution in [1.82, 2.24) is 4.98 Å². The highest BCUT2D eigenvalue weighted by Crippen LogP contribution is 2.33. The van der Waals surface area contributed by atoms with Crippen molar-refractivity contribution in [3.8, 4) is 0 Å². The normalized spacial score (nSPS) is 17.2. The molecule has 1 aliphatic rings. The van der Waals surface area contributed by atoms with Crippen LogP contribution in [0.3, 0.4) is 0 Å². The largest absolute Gasteiger partial charge is 0.382 e. The minimum absolute atomic E-state index is 0.0363. The summed E-state index contributed by atoms with van der Waals surface area (Å²) in [5.74, 6) is 0.0363. The lowest BCUT2D eigenvalue weighted by Crippen LogP contribution is -2.13. The highest BCUT2D eigenvalue weighted by Gasteiger charge is 2.14. The Morgan fingerprint density at radius 2 is 2.06 bits per heavy atom. The molecule has 1 aromatic rings. The number of hydrogen-bond acceptors (Lipinski definition) is 3. The number of nitrogens with zero attached hydrogens (tertiary/aromatic N) is 1. The number of nitrogens with two attached hydrogens (primary N) is 1. The molecule has 1 heterocycles. The van der Waals surface area contributed by atoms with Gasteiger partial charge in [0.25, 0.3) is 0 Å². The fourth-order valence-corrected chi connectivity index (χ4v) is 3.20. The van der Waals surface area contributed by atoms with Gasteiger partial charge in [0.1, 0.15) is 11.5 Å². The van der Waals surface area contributed by atoms with Crippen LogP contribution in [0.25, 0.3) is 0 Å². The van der Waals surface area contributed by atoms with E-state index in [4.69, 9.17) is 11.1 Å². The van der Waals surface area contributed by atoms with Crippen molar-refractivity contribution in [3.63, 3.8) is 0 Å². The molecular formula is C12H17N3S. The molecule has 2 rings (SSSR count). The summed E-state index contributed by atoms with van der Waals surface area (Å²) in [7, 11) is 0. The summed E-state index contributed by atoms with van der Waals surface area (Å²) in [6.45, 7) is 0. The quantitative estimate of drug-likeness (QED) is 0.625. The van der Waals surface area contributed by atoms with Crippen LogP contribution in [0.15, 0.2) is 23.2 Å². The predicted octanol–water partition coefficient (Wildman–Crippen LogP) is 2.79. The van der Waals surface area contributed by atoms with Crippen molar-refractivity contribution in [2.24, 2.45) is 5.73 Å². The zero-order chi connectivity index (χ0) is 11.4. The van der Waals surface area contributed by atoms with Crippen LogP contribution in [0.5, 0.6) is 0 Å². The highest BCUT2D eigenvalue weighted by atomic mass is 32.2. The number of nitrogen functional groups attached to an aromatic ring is 1. The van der Waals surface area contributed by atoms with E-state index in [9.17, 15) is 0 Å². The lowest BCUT2D eigenvalue weighted by Gasteiger charge is -2.20.